The fourth-order valence-electron chi connectivity index (χ4n) is 2.15. The van der Waals surface area contributed by atoms with Crippen molar-refractivity contribution >= 4 is 34.8 Å². The molecule has 2 amide bonds. The van der Waals surface area contributed by atoms with Crippen LogP contribution in [-0.4, -0.2) is 17.5 Å². The van der Waals surface area contributed by atoms with E-state index >= 15 is 0 Å². The van der Waals surface area contributed by atoms with Gasteiger partial charge in [0.25, 0.3) is 5.91 Å². The van der Waals surface area contributed by atoms with Gasteiger partial charge in [0.05, 0.1) is 6.42 Å². The number of carbonyl (C=O) groups is 2. The van der Waals surface area contributed by atoms with Gasteiger partial charge in [-0.3, -0.25) is 9.59 Å². The van der Waals surface area contributed by atoms with Crippen LogP contribution in [0.25, 0.3) is 0 Å². The molecule has 5 nitrogen and oxygen atoms in total. The molecule has 2 aromatic rings. The normalized spacial score (nSPS) is 11.1. The summed E-state index contributed by atoms with van der Waals surface area (Å²) < 4.78 is 0. The second-order valence-electron chi connectivity index (χ2n) is 5.84. The molecule has 0 spiro atoms. The number of carbonyl (C=O) groups excluding carboxylic acids is 2. The number of halogens is 1. The summed E-state index contributed by atoms with van der Waals surface area (Å²) in [5.74, 6) is -0.524. The molecule has 0 atom stereocenters. The van der Waals surface area contributed by atoms with Crippen LogP contribution < -0.4 is 10.7 Å². The highest BCUT2D eigenvalue weighted by Crippen LogP contribution is 2.19. The average molecular weight is 358 g/mol. The molecule has 0 bridgehead atoms. The number of hydrogen-bond donors (Lipinski definition) is 2. The van der Waals surface area contributed by atoms with Crippen LogP contribution >= 0.6 is 11.6 Å². The third-order valence-corrected chi connectivity index (χ3v) is 3.78. The number of rotatable bonds is 5. The van der Waals surface area contributed by atoms with Gasteiger partial charge >= 0.3 is 0 Å². The number of aryl methyl sites for hydroxylation is 2. The van der Waals surface area contributed by atoms with Gasteiger partial charge in [0, 0.05) is 22.0 Å². The van der Waals surface area contributed by atoms with E-state index in [1.807, 2.05) is 26.0 Å². The Kier molecular flexibility index (Phi) is 6.31. The number of hydrogen-bond acceptors (Lipinski definition) is 3. The Morgan fingerprint density at radius 3 is 2.40 bits per heavy atom. The SMILES string of the molecule is C/C(CC(=O)Nc1ccc(Cl)cc1C)=N\NC(=O)c1ccc(C)cc1. The maximum Gasteiger partial charge on any atom is 0.271 e. The minimum Gasteiger partial charge on any atom is -0.326 e. The van der Waals surface area contributed by atoms with E-state index < -0.39 is 0 Å². The molecule has 0 saturated heterocycles. The van der Waals surface area contributed by atoms with Gasteiger partial charge < -0.3 is 5.32 Å². The number of nitrogens with one attached hydrogen (secondary N) is 2. The molecule has 0 unspecified atom stereocenters. The molecule has 0 aliphatic rings. The minimum atomic E-state index is -0.312. The number of hydrazone groups is 1. The zero-order valence-corrected chi connectivity index (χ0v) is 15.1. The number of amides is 2. The molecular formula is C19H20ClN3O2. The van der Waals surface area contributed by atoms with Crippen LogP contribution in [0.1, 0.15) is 34.8 Å². The third kappa shape index (κ3) is 5.72. The van der Waals surface area contributed by atoms with Crippen molar-refractivity contribution in [2.24, 2.45) is 5.10 Å². The number of nitrogens with zero attached hydrogens (tertiary/aromatic N) is 1. The lowest BCUT2D eigenvalue weighted by molar-refractivity contribution is -0.115. The summed E-state index contributed by atoms with van der Waals surface area (Å²) in [5.41, 5.74) is 6.13. The maximum atomic E-state index is 12.1. The summed E-state index contributed by atoms with van der Waals surface area (Å²) in [5, 5.41) is 7.40. The first-order chi connectivity index (χ1) is 11.8. The standard InChI is InChI=1S/C19H20ClN3O2/c1-12-4-6-15(7-5-12)19(25)23-22-14(3)11-18(24)21-17-9-8-16(20)10-13(17)2/h4-10H,11H2,1-3H3,(H,21,24)(H,23,25)/b22-14+. The number of benzene rings is 2. The lowest BCUT2D eigenvalue weighted by Crippen LogP contribution is -2.21. The molecule has 0 aliphatic heterocycles. The first kappa shape index (κ1) is 18.7. The molecule has 2 N–H and O–H groups in total. The summed E-state index contributed by atoms with van der Waals surface area (Å²) in [6.45, 7) is 5.50. The van der Waals surface area contributed by atoms with Crippen molar-refractivity contribution < 1.29 is 9.59 Å². The Morgan fingerprint density at radius 2 is 1.76 bits per heavy atom. The van der Waals surface area contributed by atoms with E-state index in [4.69, 9.17) is 11.6 Å². The molecule has 0 aliphatic carbocycles. The van der Waals surface area contributed by atoms with Crippen LogP contribution in [0.4, 0.5) is 5.69 Å². The van der Waals surface area contributed by atoms with Crippen molar-refractivity contribution in [2.45, 2.75) is 27.2 Å². The molecule has 2 rings (SSSR count). The van der Waals surface area contributed by atoms with Gasteiger partial charge in [-0.15, -0.1) is 0 Å². The van der Waals surface area contributed by atoms with E-state index in [0.29, 0.717) is 22.0 Å². The molecule has 0 heterocycles. The van der Waals surface area contributed by atoms with Crippen molar-refractivity contribution in [2.75, 3.05) is 5.32 Å². The molecule has 6 heteroatoms. The van der Waals surface area contributed by atoms with Gasteiger partial charge in [-0.05, 0) is 56.7 Å². The van der Waals surface area contributed by atoms with Crippen molar-refractivity contribution in [1.82, 2.24) is 5.43 Å². The van der Waals surface area contributed by atoms with Gasteiger partial charge in [0.1, 0.15) is 0 Å². The predicted octanol–water partition coefficient (Wildman–Crippen LogP) is 4.09. The molecular weight excluding hydrogens is 338 g/mol. The van der Waals surface area contributed by atoms with E-state index in [1.54, 1.807) is 37.3 Å². The second-order valence-corrected chi connectivity index (χ2v) is 6.27. The lowest BCUT2D eigenvalue weighted by Gasteiger charge is -2.08. The van der Waals surface area contributed by atoms with E-state index in [9.17, 15) is 9.59 Å². The predicted molar refractivity (Wildman–Crippen MR) is 101 cm³/mol. The highest BCUT2D eigenvalue weighted by molar-refractivity contribution is 6.30. The molecule has 0 fully saturated rings. The second kappa shape index (κ2) is 8.44. The molecule has 0 saturated carbocycles. The fourth-order valence-corrected chi connectivity index (χ4v) is 2.38. The third-order valence-electron chi connectivity index (χ3n) is 3.54. The van der Waals surface area contributed by atoms with E-state index in [-0.39, 0.29) is 18.2 Å². The van der Waals surface area contributed by atoms with Crippen LogP contribution in [0.3, 0.4) is 0 Å². The van der Waals surface area contributed by atoms with Crippen LogP contribution in [0, 0.1) is 13.8 Å². The first-order valence-electron chi connectivity index (χ1n) is 7.81. The van der Waals surface area contributed by atoms with Crippen LogP contribution in [-0.2, 0) is 4.79 Å². The molecule has 25 heavy (non-hydrogen) atoms. The van der Waals surface area contributed by atoms with Crippen molar-refractivity contribution in [3.05, 3.63) is 64.2 Å². The molecule has 0 aromatic heterocycles. The Labute approximate surface area is 152 Å². The summed E-state index contributed by atoms with van der Waals surface area (Å²) in [6, 6.07) is 12.4. The first-order valence-corrected chi connectivity index (χ1v) is 8.19. The summed E-state index contributed by atoms with van der Waals surface area (Å²) in [7, 11) is 0. The quantitative estimate of drug-likeness (QED) is 0.625. The van der Waals surface area contributed by atoms with Gasteiger partial charge in [-0.25, -0.2) is 5.43 Å². The summed E-state index contributed by atoms with van der Waals surface area (Å²) in [6.07, 6.45) is 0.0796. The fraction of sp³-hybridized carbons (Fsp3) is 0.211. The Hall–Kier alpha value is -2.66. The van der Waals surface area contributed by atoms with E-state index in [1.165, 1.54) is 0 Å². The monoisotopic (exact) mass is 357 g/mol. The minimum absolute atomic E-state index is 0.0796. The van der Waals surface area contributed by atoms with E-state index in [0.717, 1.165) is 11.1 Å². The van der Waals surface area contributed by atoms with Crippen molar-refractivity contribution in [1.29, 1.82) is 0 Å². The topological polar surface area (TPSA) is 70.6 Å². The Bertz CT molecular complexity index is 814. The van der Waals surface area contributed by atoms with Gasteiger partial charge in [0.2, 0.25) is 5.91 Å². The van der Waals surface area contributed by atoms with Gasteiger partial charge in [-0.1, -0.05) is 29.3 Å². The summed E-state index contributed by atoms with van der Waals surface area (Å²) >= 11 is 5.90. The largest absolute Gasteiger partial charge is 0.326 e. The van der Waals surface area contributed by atoms with Crippen molar-refractivity contribution in [3.8, 4) is 0 Å². The van der Waals surface area contributed by atoms with Crippen molar-refractivity contribution in [3.63, 3.8) is 0 Å². The highest BCUT2D eigenvalue weighted by atomic mass is 35.5. The molecule has 2 aromatic carbocycles. The lowest BCUT2D eigenvalue weighted by atomic mass is 10.1. The maximum absolute atomic E-state index is 12.1. The average Bonchev–Trinajstić information content (AvgIpc) is 2.56. The van der Waals surface area contributed by atoms with Gasteiger partial charge in [-0.2, -0.15) is 5.10 Å². The number of anilines is 1. The zero-order chi connectivity index (χ0) is 18.4. The Morgan fingerprint density at radius 1 is 1.08 bits per heavy atom. The molecule has 130 valence electrons. The van der Waals surface area contributed by atoms with Crippen LogP contribution in [0.15, 0.2) is 47.6 Å². The smallest absolute Gasteiger partial charge is 0.271 e. The molecule has 0 radical (unpaired) electrons. The van der Waals surface area contributed by atoms with Crippen LogP contribution in [0.2, 0.25) is 5.02 Å². The zero-order valence-electron chi connectivity index (χ0n) is 14.4. The highest BCUT2D eigenvalue weighted by Gasteiger charge is 2.08. The Balaban J connectivity index is 1.90. The van der Waals surface area contributed by atoms with Crippen LogP contribution in [0.5, 0.6) is 0 Å². The van der Waals surface area contributed by atoms with Gasteiger partial charge in [0.15, 0.2) is 0 Å². The van der Waals surface area contributed by atoms with E-state index in [2.05, 4.69) is 15.8 Å². The summed E-state index contributed by atoms with van der Waals surface area (Å²) in [4.78, 5) is 24.1.